The molecule has 0 unspecified atom stereocenters. The molecule has 0 atom stereocenters. The number of piperidine rings is 1. The first-order chi connectivity index (χ1) is 14.3. The molecule has 7 heteroatoms. The lowest BCUT2D eigenvalue weighted by Gasteiger charge is -2.22. The van der Waals surface area contributed by atoms with Gasteiger partial charge in [-0.25, -0.2) is 4.39 Å². The standard InChI is InChI=1S/C22H26FN5S/c1-2-14-29-27-20-5-3-4-18(21(20)23)19-15-28(17-8-12-25-13-9-17)26-22(19)16-6-10-24-11-7-16/h3-7,10-11,15,17,25,27H,2,8-9,12-14H2,1H3. The first-order valence-electron chi connectivity index (χ1n) is 10.1. The van der Waals surface area contributed by atoms with E-state index in [1.165, 1.54) is 11.9 Å². The molecule has 2 N–H and O–H groups in total. The molecule has 1 aliphatic heterocycles. The van der Waals surface area contributed by atoms with Crippen molar-refractivity contribution in [1.29, 1.82) is 0 Å². The first-order valence-corrected chi connectivity index (χ1v) is 11.1. The Labute approximate surface area is 175 Å². The zero-order chi connectivity index (χ0) is 20.1. The van der Waals surface area contributed by atoms with Crippen LogP contribution in [0.3, 0.4) is 0 Å². The summed E-state index contributed by atoms with van der Waals surface area (Å²) in [5.41, 5.74) is 3.63. The predicted molar refractivity (Wildman–Crippen MR) is 118 cm³/mol. The van der Waals surface area contributed by atoms with Gasteiger partial charge in [-0.2, -0.15) is 5.10 Å². The second-order valence-electron chi connectivity index (χ2n) is 7.21. The molecule has 152 valence electrons. The predicted octanol–water partition coefficient (Wildman–Crippen LogP) is 5.15. The molecule has 29 heavy (non-hydrogen) atoms. The SMILES string of the molecule is CCCSNc1cccc(-c2cn(C3CCNCC3)nc2-c2ccncc2)c1F. The van der Waals surface area contributed by atoms with Crippen LogP contribution in [0, 0.1) is 5.82 Å². The average Bonchev–Trinajstić information content (AvgIpc) is 3.22. The number of halogens is 1. The Morgan fingerprint density at radius 3 is 2.72 bits per heavy atom. The number of benzene rings is 1. The van der Waals surface area contributed by atoms with E-state index in [2.05, 4.69) is 21.9 Å². The third-order valence-corrected chi connectivity index (χ3v) is 6.12. The van der Waals surface area contributed by atoms with Gasteiger partial charge >= 0.3 is 0 Å². The number of pyridine rings is 1. The highest BCUT2D eigenvalue weighted by atomic mass is 32.2. The zero-order valence-corrected chi connectivity index (χ0v) is 17.4. The van der Waals surface area contributed by atoms with Gasteiger partial charge in [0.15, 0.2) is 5.82 Å². The topological polar surface area (TPSA) is 54.8 Å². The number of nitrogens with one attached hydrogen (secondary N) is 2. The summed E-state index contributed by atoms with van der Waals surface area (Å²) in [5.74, 6) is 0.691. The van der Waals surface area contributed by atoms with E-state index in [0.29, 0.717) is 17.3 Å². The Morgan fingerprint density at radius 2 is 1.97 bits per heavy atom. The van der Waals surface area contributed by atoms with Crippen molar-refractivity contribution in [2.45, 2.75) is 32.2 Å². The summed E-state index contributed by atoms with van der Waals surface area (Å²) in [6, 6.07) is 9.69. The van der Waals surface area contributed by atoms with Crippen LogP contribution < -0.4 is 10.0 Å². The summed E-state index contributed by atoms with van der Waals surface area (Å²) in [6.07, 6.45) is 8.58. The lowest BCUT2D eigenvalue weighted by atomic mass is 10.0. The molecular formula is C22H26FN5S. The Balaban J connectivity index is 1.76. The van der Waals surface area contributed by atoms with Gasteiger partial charge in [0.05, 0.1) is 11.7 Å². The Bertz CT molecular complexity index is 938. The van der Waals surface area contributed by atoms with Gasteiger partial charge < -0.3 is 10.0 Å². The molecule has 0 bridgehead atoms. The molecule has 5 nitrogen and oxygen atoms in total. The van der Waals surface area contributed by atoms with Gasteiger partial charge in [-0.15, -0.1) is 0 Å². The molecule has 1 fully saturated rings. The van der Waals surface area contributed by atoms with Crippen LogP contribution in [0.4, 0.5) is 10.1 Å². The molecule has 1 saturated heterocycles. The number of hydrogen-bond acceptors (Lipinski definition) is 5. The normalized spacial score (nSPS) is 14.8. The molecule has 3 heterocycles. The first kappa shape index (κ1) is 19.9. The molecule has 0 aliphatic carbocycles. The van der Waals surface area contributed by atoms with Gasteiger partial charge in [0.2, 0.25) is 0 Å². The molecule has 0 spiro atoms. The van der Waals surface area contributed by atoms with E-state index < -0.39 is 0 Å². The molecule has 0 radical (unpaired) electrons. The Kier molecular flexibility index (Phi) is 6.46. The van der Waals surface area contributed by atoms with E-state index in [-0.39, 0.29) is 5.82 Å². The van der Waals surface area contributed by atoms with Crippen molar-refractivity contribution in [3.63, 3.8) is 0 Å². The van der Waals surface area contributed by atoms with E-state index in [9.17, 15) is 0 Å². The fourth-order valence-corrected chi connectivity index (χ4v) is 4.24. The van der Waals surface area contributed by atoms with Crippen LogP contribution in [0.15, 0.2) is 48.9 Å². The summed E-state index contributed by atoms with van der Waals surface area (Å²) < 4.78 is 20.6. The maximum atomic E-state index is 15.4. The van der Waals surface area contributed by atoms with E-state index in [0.717, 1.165) is 54.9 Å². The van der Waals surface area contributed by atoms with Gasteiger partial charge in [-0.05, 0) is 50.6 Å². The molecule has 1 aliphatic rings. The van der Waals surface area contributed by atoms with Crippen molar-refractivity contribution < 1.29 is 4.39 Å². The maximum absolute atomic E-state index is 15.4. The van der Waals surface area contributed by atoms with Gasteiger partial charge in [0, 0.05) is 41.0 Å². The highest BCUT2D eigenvalue weighted by molar-refractivity contribution is 8.00. The summed E-state index contributed by atoms with van der Waals surface area (Å²) in [5, 5.41) is 8.29. The lowest BCUT2D eigenvalue weighted by molar-refractivity contribution is 0.344. The van der Waals surface area contributed by atoms with Crippen LogP contribution in [-0.2, 0) is 0 Å². The fraction of sp³-hybridized carbons (Fsp3) is 0.364. The van der Waals surface area contributed by atoms with Crippen molar-refractivity contribution in [2.24, 2.45) is 0 Å². The molecule has 4 rings (SSSR count). The number of aromatic nitrogens is 3. The van der Waals surface area contributed by atoms with Gasteiger partial charge in [-0.3, -0.25) is 9.67 Å². The van der Waals surface area contributed by atoms with Crippen molar-refractivity contribution in [1.82, 2.24) is 20.1 Å². The van der Waals surface area contributed by atoms with Crippen LogP contribution in [0.5, 0.6) is 0 Å². The van der Waals surface area contributed by atoms with Crippen molar-refractivity contribution >= 4 is 17.6 Å². The monoisotopic (exact) mass is 411 g/mol. The van der Waals surface area contributed by atoms with E-state index in [4.69, 9.17) is 5.10 Å². The van der Waals surface area contributed by atoms with Crippen LogP contribution in [-0.4, -0.2) is 33.6 Å². The zero-order valence-electron chi connectivity index (χ0n) is 16.6. The smallest absolute Gasteiger partial charge is 0.155 e. The fourth-order valence-electron chi connectivity index (χ4n) is 3.62. The summed E-state index contributed by atoms with van der Waals surface area (Å²) in [6.45, 7) is 4.07. The van der Waals surface area contributed by atoms with E-state index in [1.54, 1.807) is 18.5 Å². The molecular weight excluding hydrogens is 385 g/mol. The minimum Gasteiger partial charge on any atom is -0.327 e. The highest BCUT2D eigenvalue weighted by Crippen LogP contribution is 2.36. The third-order valence-electron chi connectivity index (χ3n) is 5.15. The maximum Gasteiger partial charge on any atom is 0.155 e. The van der Waals surface area contributed by atoms with Crippen molar-refractivity contribution in [2.75, 3.05) is 23.6 Å². The number of hydrogen-bond donors (Lipinski definition) is 2. The second-order valence-corrected chi connectivity index (χ2v) is 8.11. The third kappa shape index (κ3) is 4.46. The van der Waals surface area contributed by atoms with E-state index in [1.807, 2.05) is 35.1 Å². The minimum absolute atomic E-state index is 0.240. The molecule has 1 aromatic carbocycles. The van der Waals surface area contributed by atoms with Crippen LogP contribution in [0.2, 0.25) is 0 Å². The van der Waals surface area contributed by atoms with Gasteiger partial charge in [0.1, 0.15) is 5.69 Å². The summed E-state index contributed by atoms with van der Waals surface area (Å²) in [4.78, 5) is 4.11. The lowest BCUT2D eigenvalue weighted by Crippen LogP contribution is -2.29. The molecule has 2 aromatic heterocycles. The summed E-state index contributed by atoms with van der Waals surface area (Å²) >= 11 is 1.53. The van der Waals surface area contributed by atoms with Crippen LogP contribution in [0.1, 0.15) is 32.2 Å². The Hall–Kier alpha value is -2.38. The summed E-state index contributed by atoms with van der Waals surface area (Å²) in [7, 11) is 0. The minimum atomic E-state index is -0.240. The second kappa shape index (κ2) is 9.41. The van der Waals surface area contributed by atoms with Gasteiger partial charge in [0.25, 0.3) is 0 Å². The van der Waals surface area contributed by atoms with Crippen LogP contribution in [0.25, 0.3) is 22.4 Å². The number of anilines is 1. The van der Waals surface area contributed by atoms with Crippen LogP contribution >= 0.6 is 11.9 Å². The largest absolute Gasteiger partial charge is 0.327 e. The quantitative estimate of drug-likeness (QED) is 0.416. The molecule has 3 aromatic rings. The van der Waals surface area contributed by atoms with Gasteiger partial charge in [-0.1, -0.05) is 31.0 Å². The molecule has 0 saturated carbocycles. The average molecular weight is 412 g/mol. The molecule has 0 amide bonds. The highest BCUT2D eigenvalue weighted by Gasteiger charge is 2.22. The van der Waals surface area contributed by atoms with Crippen molar-refractivity contribution in [3.8, 4) is 22.4 Å². The Morgan fingerprint density at radius 1 is 1.17 bits per heavy atom. The number of rotatable bonds is 7. The number of nitrogens with zero attached hydrogens (tertiary/aromatic N) is 3. The van der Waals surface area contributed by atoms with Crippen molar-refractivity contribution in [3.05, 3.63) is 54.7 Å². The van der Waals surface area contributed by atoms with E-state index >= 15 is 4.39 Å².